The minimum absolute atomic E-state index is 0.346. The minimum Gasteiger partial charge on any atom is -0.204 e. The van der Waals surface area contributed by atoms with Crippen LogP contribution >= 0.6 is 11.6 Å². The van der Waals surface area contributed by atoms with Crippen molar-refractivity contribution in [3.8, 4) is 0 Å². The van der Waals surface area contributed by atoms with Crippen molar-refractivity contribution < 1.29 is 26.3 Å². The van der Waals surface area contributed by atoms with Gasteiger partial charge in [-0.15, -0.1) is 0 Å². The summed E-state index contributed by atoms with van der Waals surface area (Å²) in [5.74, 6) is -11.7. The Balaban J connectivity index is 3.17. The van der Waals surface area contributed by atoms with Crippen LogP contribution in [0.4, 0.5) is 26.3 Å². The first-order valence-corrected chi connectivity index (χ1v) is 4.53. The fourth-order valence-electron chi connectivity index (χ4n) is 1.43. The van der Waals surface area contributed by atoms with Crippen molar-refractivity contribution in [1.82, 2.24) is 0 Å². The second-order valence-corrected chi connectivity index (χ2v) is 3.57. The molecule has 0 aliphatic rings. The van der Waals surface area contributed by atoms with Crippen LogP contribution in [0.1, 0.15) is 0 Å². The minimum atomic E-state index is -2.23. The van der Waals surface area contributed by atoms with Gasteiger partial charge in [0.1, 0.15) is 0 Å². The van der Waals surface area contributed by atoms with Gasteiger partial charge in [0, 0.05) is 5.39 Å². The van der Waals surface area contributed by atoms with Crippen LogP contribution < -0.4 is 0 Å². The van der Waals surface area contributed by atoms with Crippen LogP contribution in [-0.4, -0.2) is 0 Å². The van der Waals surface area contributed by atoms with Crippen molar-refractivity contribution in [3.63, 3.8) is 0 Å². The summed E-state index contributed by atoms with van der Waals surface area (Å²) in [7, 11) is 0. The lowest BCUT2D eigenvalue weighted by Crippen LogP contribution is -2.01. The van der Waals surface area contributed by atoms with Gasteiger partial charge in [-0.3, -0.25) is 0 Å². The molecule has 0 saturated carbocycles. The molecule has 0 nitrogen and oxygen atoms in total. The zero-order chi connectivity index (χ0) is 12.9. The van der Waals surface area contributed by atoms with Gasteiger partial charge in [-0.1, -0.05) is 11.6 Å². The van der Waals surface area contributed by atoms with E-state index in [0.717, 1.165) is 0 Å². The average Bonchev–Trinajstić information content (AvgIpc) is 2.28. The molecule has 2 aromatic carbocycles. The largest absolute Gasteiger partial charge is 0.204 e. The normalized spacial score (nSPS) is 11.2. The Bertz CT molecular complexity index is 637. The quantitative estimate of drug-likeness (QED) is 0.380. The van der Waals surface area contributed by atoms with E-state index in [1.807, 2.05) is 0 Å². The molecule has 0 aliphatic heterocycles. The van der Waals surface area contributed by atoms with E-state index in [4.69, 9.17) is 11.6 Å². The third-order valence-electron chi connectivity index (χ3n) is 2.19. The Hall–Kier alpha value is -1.43. The summed E-state index contributed by atoms with van der Waals surface area (Å²) in [6.45, 7) is 0. The van der Waals surface area contributed by atoms with Crippen LogP contribution in [0.15, 0.2) is 6.07 Å². The molecule has 0 fully saturated rings. The van der Waals surface area contributed by atoms with Crippen LogP contribution in [0, 0.1) is 34.9 Å². The Labute approximate surface area is 95.4 Å². The Kier molecular flexibility index (Phi) is 2.69. The number of fused-ring (bicyclic) bond motifs is 1. The number of hydrogen-bond acceptors (Lipinski definition) is 0. The van der Waals surface area contributed by atoms with E-state index in [1.165, 1.54) is 0 Å². The van der Waals surface area contributed by atoms with Gasteiger partial charge >= 0.3 is 0 Å². The van der Waals surface area contributed by atoms with E-state index in [-0.39, 0.29) is 0 Å². The molecular weight excluding hydrogens is 270 g/mol. The van der Waals surface area contributed by atoms with Gasteiger partial charge in [0.25, 0.3) is 0 Å². The smallest absolute Gasteiger partial charge is 0.198 e. The molecule has 0 heterocycles. The van der Waals surface area contributed by atoms with Crippen LogP contribution in [0.2, 0.25) is 5.02 Å². The van der Waals surface area contributed by atoms with E-state index >= 15 is 0 Å². The van der Waals surface area contributed by atoms with E-state index < -0.39 is 50.7 Å². The molecule has 0 N–H and O–H groups in total. The Morgan fingerprint density at radius 2 is 1.12 bits per heavy atom. The molecule has 2 rings (SSSR count). The lowest BCUT2D eigenvalue weighted by molar-refractivity contribution is 0.414. The van der Waals surface area contributed by atoms with Crippen LogP contribution in [0.3, 0.4) is 0 Å². The summed E-state index contributed by atoms with van der Waals surface area (Å²) >= 11 is 5.33. The molecule has 0 aliphatic carbocycles. The van der Waals surface area contributed by atoms with Crippen molar-refractivity contribution in [2.75, 3.05) is 0 Å². The third kappa shape index (κ3) is 1.55. The highest BCUT2D eigenvalue weighted by Crippen LogP contribution is 2.34. The molecule has 0 bridgehead atoms. The summed E-state index contributed by atoms with van der Waals surface area (Å²) in [4.78, 5) is 0. The maximum atomic E-state index is 13.3. The fraction of sp³-hybridized carbons (Fsp3) is 0. The lowest BCUT2D eigenvalue weighted by atomic mass is 10.1. The summed E-state index contributed by atoms with van der Waals surface area (Å²) in [6, 6.07) is 0.346. The van der Waals surface area contributed by atoms with Crippen molar-refractivity contribution in [3.05, 3.63) is 46.0 Å². The highest BCUT2D eigenvalue weighted by atomic mass is 35.5. The number of hydrogen-bond donors (Lipinski definition) is 0. The van der Waals surface area contributed by atoms with Gasteiger partial charge in [-0.05, 0) is 6.07 Å². The molecule has 0 amide bonds. The molecule has 0 aromatic heterocycles. The van der Waals surface area contributed by atoms with Crippen LogP contribution in [-0.2, 0) is 0 Å². The lowest BCUT2D eigenvalue weighted by Gasteiger charge is -2.07. The van der Waals surface area contributed by atoms with E-state index in [9.17, 15) is 26.3 Å². The first-order chi connectivity index (χ1) is 7.86. The van der Waals surface area contributed by atoms with Gasteiger partial charge < -0.3 is 0 Å². The van der Waals surface area contributed by atoms with Crippen LogP contribution in [0.5, 0.6) is 0 Å². The summed E-state index contributed by atoms with van der Waals surface area (Å²) in [5, 5.41) is -3.15. The molecular formula is C10HClF6. The maximum Gasteiger partial charge on any atom is 0.198 e. The zero-order valence-electron chi connectivity index (χ0n) is 7.72. The standard InChI is InChI=1S/C10HClF6/c11-2-1-3(12)6(13)5-4(2)7(14)9(16)10(17)8(5)15/h1H. The number of halogens is 7. The molecule has 0 atom stereocenters. The van der Waals surface area contributed by atoms with E-state index in [2.05, 4.69) is 0 Å². The van der Waals surface area contributed by atoms with Crippen molar-refractivity contribution in [2.24, 2.45) is 0 Å². The molecule has 7 heteroatoms. The molecule has 2 aromatic rings. The van der Waals surface area contributed by atoms with Crippen LogP contribution in [0.25, 0.3) is 10.8 Å². The van der Waals surface area contributed by atoms with Crippen molar-refractivity contribution in [2.45, 2.75) is 0 Å². The first-order valence-electron chi connectivity index (χ1n) is 4.15. The Morgan fingerprint density at radius 3 is 1.65 bits per heavy atom. The molecule has 0 radical (unpaired) electrons. The van der Waals surface area contributed by atoms with Crippen molar-refractivity contribution in [1.29, 1.82) is 0 Å². The fourth-order valence-corrected chi connectivity index (χ4v) is 1.70. The van der Waals surface area contributed by atoms with Gasteiger partial charge in [0.05, 0.1) is 10.4 Å². The Morgan fingerprint density at radius 1 is 0.647 bits per heavy atom. The zero-order valence-corrected chi connectivity index (χ0v) is 8.48. The van der Waals surface area contributed by atoms with Gasteiger partial charge in [0.2, 0.25) is 0 Å². The predicted molar refractivity (Wildman–Crippen MR) is 48.7 cm³/mol. The first kappa shape index (κ1) is 12.0. The maximum absolute atomic E-state index is 13.3. The predicted octanol–water partition coefficient (Wildman–Crippen LogP) is 4.33. The summed E-state index contributed by atoms with van der Waals surface area (Å²) in [6.07, 6.45) is 0. The molecule has 17 heavy (non-hydrogen) atoms. The third-order valence-corrected chi connectivity index (χ3v) is 2.49. The summed E-state index contributed by atoms with van der Waals surface area (Å²) < 4.78 is 78.3. The topological polar surface area (TPSA) is 0 Å². The van der Waals surface area contributed by atoms with Crippen molar-refractivity contribution >= 4 is 22.4 Å². The summed E-state index contributed by atoms with van der Waals surface area (Å²) in [5.41, 5.74) is 0. The second kappa shape index (κ2) is 3.80. The van der Waals surface area contributed by atoms with Gasteiger partial charge in [-0.2, -0.15) is 0 Å². The average molecular weight is 271 g/mol. The van der Waals surface area contributed by atoms with E-state index in [0.29, 0.717) is 6.07 Å². The van der Waals surface area contributed by atoms with E-state index in [1.54, 1.807) is 0 Å². The highest BCUT2D eigenvalue weighted by molar-refractivity contribution is 6.35. The molecule has 0 unspecified atom stereocenters. The van der Waals surface area contributed by atoms with Gasteiger partial charge in [-0.25, -0.2) is 26.3 Å². The molecule has 0 spiro atoms. The molecule has 90 valence electrons. The number of benzene rings is 2. The SMILES string of the molecule is Fc1cc(Cl)c2c(F)c(F)c(F)c(F)c2c1F. The monoisotopic (exact) mass is 270 g/mol. The highest BCUT2D eigenvalue weighted by Gasteiger charge is 2.26. The molecule has 0 saturated heterocycles. The van der Waals surface area contributed by atoms with Gasteiger partial charge in [0.15, 0.2) is 34.9 Å². The number of rotatable bonds is 0. The second-order valence-electron chi connectivity index (χ2n) is 3.16.